The van der Waals surface area contributed by atoms with Crippen molar-refractivity contribution in [1.82, 2.24) is 10.2 Å². The van der Waals surface area contributed by atoms with Crippen molar-refractivity contribution in [3.8, 4) is 5.75 Å². The molecule has 2 aromatic carbocycles. The van der Waals surface area contributed by atoms with Gasteiger partial charge >= 0.3 is 0 Å². The zero-order chi connectivity index (χ0) is 20.6. The van der Waals surface area contributed by atoms with Crippen molar-refractivity contribution in [3.05, 3.63) is 58.9 Å². The van der Waals surface area contributed by atoms with Crippen LogP contribution >= 0.6 is 34.7 Å². The van der Waals surface area contributed by atoms with Crippen molar-refractivity contribution in [1.29, 1.82) is 0 Å². The summed E-state index contributed by atoms with van der Waals surface area (Å²) in [5.41, 5.74) is 1.49. The largest absolute Gasteiger partial charge is 0.495 e. The fourth-order valence-corrected chi connectivity index (χ4v) is 4.27. The van der Waals surface area contributed by atoms with Crippen molar-refractivity contribution in [2.24, 2.45) is 0 Å². The molecule has 10 heteroatoms. The Bertz CT molecular complexity index is 969. The van der Waals surface area contributed by atoms with E-state index >= 15 is 0 Å². The third-order valence-corrected chi connectivity index (χ3v) is 6.00. The van der Waals surface area contributed by atoms with Crippen molar-refractivity contribution >= 4 is 51.4 Å². The highest BCUT2D eigenvalue weighted by molar-refractivity contribution is 8.01. The first-order valence-corrected chi connectivity index (χ1v) is 10.8. The van der Waals surface area contributed by atoms with E-state index in [0.29, 0.717) is 40.3 Å². The molecular formula is C19H18ClFN4O2S2. The highest BCUT2D eigenvalue weighted by atomic mass is 35.5. The van der Waals surface area contributed by atoms with Gasteiger partial charge in [0.1, 0.15) is 11.6 Å². The van der Waals surface area contributed by atoms with Crippen LogP contribution in [-0.4, -0.2) is 29.0 Å². The number of amides is 1. The highest BCUT2D eigenvalue weighted by Crippen LogP contribution is 2.29. The summed E-state index contributed by atoms with van der Waals surface area (Å²) >= 11 is 8.83. The second-order valence-electron chi connectivity index (χ2n) is 5.84. The summed E-state index contributed by atoms with van der Waals surface area (Å²) in [4.78, 5) is 12.2. The maximum Gasteiger partial charge on any atom is 0.225 e. The lowest BCUT2D eigenvalue weighted by atomic mass is 10.2. The molecule has 1 heterocycles. The second-order valence-corrected chi connectivity index (χ2v) is 8.60. The number of nitrogens with zero attached hydrogens (tertiary/aromatic N) is 2. The second kappa shape index (κ2) is 10.4. The number of nitrogens with one attached hydrogen (secondary N) is 2. The van der Waals surface area contributed by atoms with Gasteiger partial charge < -0.3 is 15.4 Å². The molecule has 3 aromatic rings. The van der Waals surface area contributed by atoms with Crippen LogP contribution in [0.15, 0.2) is 46.8 Å². The Kier molecular flexibility index (Phi) is 7.68. The van der Waals surface area contributed by atoms with Gasteiger partial charge in [-0.1, -0.05) is 46.8 Å². The van der Waals surface area contributed by atoms with Gasteiger partial charge in [0.15, 0.2) is 4.34 Å². The molecule has 29 heavy (non-hydrogen) atoms. The van der Waals surface area contributed by atoms with Crippen molar-refractivity contribution < 1.29 is 13.9 Å². The molecule has 0 aliphatic rings. The molecule has 1 amide bonds. The standard InChI is InChI=1S/C19H18ClFN4O2S2/c1-27-16-7-4-13(20)10-15(16)23-17(26)8-9-28-19-25-24-18(29-19)22-11-12-2-5-14(21)6-3-12/h2-7,10H,8-9,11H2,1H3,(H,22,24)(H,23,26). The van der Waals surface area contributed by atoms with E-state index in [1.165, 1.54) is 42.3 Å². The van der Waals surface area contributed by atoms with E-state index in [4.69, 9.17) is 16.3 Å². The lowest BCUT2D eigenvalue weighted by Gasteiger charge is -2.10. The summed E-state index contributed by atoms with van der Waals surface area (Å²) in [6.07, 6.45) is 0.304. The van der Waals surface area contributed by atoms with Crippen molar-refractivity contribution in [3.63, 3.8) is 0 Å². The third kappa shape index (κ3) is 6.59. The maximum absolute atomic E-state index is 12.9. The molecule has 0 fully saturated rings. The van der Waals surface area contributed by atoms with Crippen LogP contribution in [0.3, 0.4) is 0 Å². The van der Waals surface area contributed by atoms with Crippen LogP contribution in [0.25, 0.3) is 0 Å². The number of ether oxygens (including phenoxy) is 1. The van der Waals surface area contributed by atoms with Crippen molar-refractivity contribution in [2.45, 2.75) is 17.3 Å². The van der Waals surface area contributed by atoms with Crippen LogP contribution in [0.1, 0.15) is 12.0 Å². The summed E-state index contributed by atoms with van der Waals surface area (Å²) < 4.78 is 18.9. The fourth-order valence-electron chi connectivity index (χ4n) is 2.34. The highest BCUT2D eigenvalue weighted by Gasteiger charge is 2.10. The number of aromatic nitrogens is 2. The van der Waals surface area contributed by atoms with Gasteiger partial charge in [-0.15, -0.1) is 10.2 Å². The predicted molar refractivity (Wildman–Crippen MR) is 116 cm³/mol. The Balaban J connectivity index is 1.43. The van der Waals surface area contributed by atoms with Gasteiger partial charge in [0.05, 0.1) is 12.8 Å². The summed E-state index contributed by atoms with van der Waals surface area (Å²) in [6, 6.07) is 11.3. The molecule has 0 saturated carbocycles. The van der Waals surface area contributed by atoms with E-state index in [2.05, 4.69) is 20.8 Å². The molecule has 1 aromatic heterocycles. The van der Waals surface area contributed by atoms with E-state index in [1.54, 1.807) is 30.3 Å². The molecule has 0 bridgehead atoms. The number of anilines is 2. The number of thioether (sulfide) groups is 1. The molecule has 0 aliphatic heterocycles. The van der Waals surface area contributed by atoms with E-state index in [0.717, 1.165) is 9.90 Å². The SMILES string of the molecule is COc1ccc(Cl)cc1NC(=O)CCSc1nnc(NCc2ccc(F)cc2)s1. The van der Waals surface area contributed by atoms with E-state index in [1.807, 2.05) is 0 Å². The van der Waals surface area contributed by atoms with Crippen LogP contribution < -0.4 is 15.4 Å². The van der Waals surface area contributed by atoms with Gasteiger partial charge in [-0.25, -0.2) is 4.39 Å². The minimum absolute atomic E-state index is 0.141. The summed E-state index contributed by atoms with van der Waals surface area (Å²) in [5.74, 6) is 0.705. The smallest absolute Gasteiger partial charge is 0.225 e. The zero-order valence-electron chi connectivity index (χ0n) is 15.4. The third-order valence-electron chi connectivity index (χ3n) is 3.75. The Labute approximate surface area is 180 Å². The maximum atomic E-state index is 12.9. The van der Waals surface area contributed by atoms with Gasteiger partial charge in [-0.2, -0.15) is 0 Å². The monoisotopic (exact) mass is 452 g/mol. The Morgan fingerprint density at radius 1 is 1.24 bits per heavy atom. The minimum atomic E-state index is -0.263. The molecule has 0 radical (unpaired) electrons. The molecule has 0 atom stereocenters. The van der Waals surface area contributed by atoms with Gasteiger partial charge in [-0.05, 0) is 35.9 Å². The summed E-state index contributed by atoms with van der Waals surface area (Å²) in [5, 5.41) is 15.3. The van der Waals surface area contributed by atoms with Crippen LogP contribution in [0, 0.1) is 5.82 Å². The summed E-state index contributed by atoms with van der Waals surface area (Å²) in [7, 11) is 1.53. The first-order chi connectivity index (χ1) is 14.0. The number of benzene rings is 2. The fraction of sp³-hybridized carbons (Fsp3) is 0.211. The zero-order valence-corrected chi connectivity index (χ0v) is 17.8. The van der Waals surface area contributed by atoms with E-state index in [9.17, 15) is 9.18 Å². The normalized spacial score (nSPS) is 10.6. The van der Waals surface area contributed by atoms with Gasteiger partial charge in [0.25, 0.3) is 0 Å². The summed E-state index contributed by atoms with van der Waals surface area (Å²) in [6.45, 7) is 0.531. The molecule has 2 N–H and O–H groups in total. The van der Waals surface area contributed by atoms with Crippen LogP contribution in [0.5, 0.6) is 5.75 Å². The number of halogens is 2. The first-order valence-electron chi connectivity index (χ1n) is 8.61. The number of hydrogen-bond donors (Lipinski definition) is 2. The Morgan fingerprint density at radius 3 is 2.79 bits per heavy atom. The lowest BCUT2D eigenvalue weighted by Crippen LogP contribution is -2.12. The average molecular weight is 453 g/mol. The lowest BCUT2D eigenvalue weighted by molar-refractivity contribution is -0.115. The molecular weight excluding hydrogens is 435 g/mol. The number of methoxy groups -OCH3 is 1. The van der Waals surface area contributed by atoms with E-state index < -0.39 is 0 Å². The van der Waals surface area contributed by atoms with Crippen LogP contribution in [0.4, 0.5) is 15.2 Å². The van der Waals surface area contributed by atoms with Crippen molar-refractivity contribution in [2.75, 3.05) is 23.5 Å². The molecule has 0 unspecified atom stereocenters. The van der Waals surface area contributed by atoms with Crippen LogP contribution in [0.2, 0.25) is 5.02 Å². The topological polar surface area (TPSA) is 76.1 Å². The van der Waals surface area contributed by atoms with Gasteiger partial charge in [-0.3, -0.25) is 4.79 Å². The number of carbonyl (C=O) groups is 1. The molecule has 0 saturated heterocycles. The molecule has 0 spiro atoms. The number of rotatable bonds is 9. The Hall–Kier alpha value is -2.36. The molecule has 6 nitrogen and oxygen atoms in total. The average Bonchev–Trinajstić information content (AvgIpc) is 3.15. The number of hydrogen-bond acceptors (Lipinski definition) is 7. The quantitative estimate of drug-likeness (QED) is 0.441. The first kappa shape index (κ1) is 21.4. The molecule has 0 aliphatic carbocycles. The van der Waals surface area contributed by atoms with Gasteiger partial charge in [0.2, 0.25) is 11.0 Å². The minimum Gasteiger partial charge on any atom is -0.495 e. The molecule has 152 valence electrons. The Morgan fingerprint density at radius 2 is 2.03 bits per heavy atom. The van der Waals surface area contributed by atoms with E-state index in [-0.39, 0.29) is 11.7 Å². The molecule has 3 rings (SSSR count). The predicted octanol–water partition coefficient (Wildman–Crippen LogP) is 5.07. The van der Waals surface area contributed by atoms with Gasteiger partial charge in [0, 0.05) is 23.7 Å². The number of carbonyl (C=O) groups excluding carboxylic acids is 1. The van der Waals surface area contributed by atoms with Crippen LogP contribution in [-0.2, 0) is 11.3 Å².